The number of ether oxygens (including phenoxy) is 1. The Kier molecular flexibility index (Phi) is 13.7. The highest BCUT2D eigenvalue weighted by molar-refractivity contribution is 5.94. The fourth-order valence-electron chi connectivity index (χ4n) is 5.05. The molecule has 1 fully saturated rings. The molecule has 10 nitrogen and oxygen atoms in total. The molecule has 1 aromatic rings. The quantitative estimate of drug-likeness (QED) is 0.234. The molecule has 0 spiro atoms. The summed E-state index contributed by atoms with van der Waals surface area (Å²) in [5.41, 5.74) is 4.86. The number of hydrogen-bond donors (Lipinski definition) is 4. The van der Waals surface area contributed by atoms with Gasteiger partial charge in [-0.15, -0.1) is 0 Å². The van der Waals surface area contributed by atoms with E-state index in [9.17, 15) is 24.3 Å². The third-order valence-electron chi connectivity index (χ3n) is 7.88. The first-order chi connectivity index (χ1) is 19.3. The Balaban J connectivity index is 2.08. The topological polar surface area (TPSA) is 153 Å². The van der Waals surface area contributed by atoms with E-state index in [-0.39, 0.29) is 42.7 Å². The van der Waals surface area contributed by atoms with E-state index in [4.69, 9.17) is 4.74 Å². The van der Waals surface area contributed by atoms with Crippen LogP contribution in [0.1, 0.15) is 79.2 Å². The summed E-state index contributed by atoms with van der Waals surface area (Å²) < 4.78 is 5.53. The van der Waals surface area contributed by atoms with Crippen LogP contribution in [-0.4, -0.2) is 70.5 Å². The van der Waals surface area contributed by atoms with Gasteiger partial charge in [-0.3, -0.25) is 14.4 Å². The number of hydrogen-bond acceptors (Lipinski definition) is 6. The molecule has 2 rings (SSSR count). The third kappa shape index (κ3) is 10.4. The fraction of sp³-hybridized carbons (Fsp3) is 0.677. The fourth-order valence-corrected chi connectivity index (χ4v) is 5.05. The van der Waals surface area contributed by atoms with Gasteiger partial charge in [-0.1, -0.05) is 71.9 Å². The van der Waals surface area contributed by atoms with Crippen LogP contribution in [0.3, 0.4) is 0 Å². The Hall–Kier alpha value is -2.98. The molecular formula is C31H51N4O6+. The van der Waals surface area contributed by atoms with Crippen LogP contribution in [0, 0.1) is 17.8 Å². The van der Waals surface area contributed by atoms with Crippen LogP contribution in [0.25, 0.3) is 0 Å². The summed E-state index contributed by atoms with van der Waals surface area (Å²) in [6, 6.07) is 6.59. The molecular weight excluding hydrogens is 524 g/mol. The molecule has 41 heavy (non-hydrogen) atoms. The molecule has 0 saturated carbocycles. The maximum absolute atomic E-state index is 13.7. The molecule has 6 N–H and O–H groups in total. The predicted molar refractivity (Wildman–Crippen MR) is 156 cm³/mol. The highest BCUT2D eigenvalue weighted by Gasteiger charge is 2.39. The van der Waals surface area contributed by atoms with Gasteiger partial charge in [-0.25, -0.2) is 4.79 Å². The molecule has 1 aromatic carbocycles. The van der Waals surface area contributed by atoms with Crippen molar-refractivity contribution in [2.75, 3.05) is 6.54 Å². The molecule has 10 heteroatoms. The first kappa shape index (κ1) is 34.2. The van der Waals surface area contributed by atoms with Gasteiger partial charge in [0.15, 0.2) is 0 Å². The summed E-state index contributed by atoms with van der Waals surface area (Å²) in [7, 11) is 0. The number of carbonyl (C=O) groups is 4. The monoisotopic (exact) mass is 575 g/mol. The summed E-state index contributed by atoms with van der Waals surface area (Å²) >= 11 is 0. The molecule has 1 saturated heterocycles. The second-order valence-electron chi connectivity index (χ2n) is 12.1. The maximum atomic E-state index is 13.7. The normalized spacial score (nSPS) is 18.9. The molecule has 6 atom stereocenters. The van der Waals surface area contributed by atoms with E-state index in [1.807, 2.05) is 71.9 Å². The minimum atomic E-state index is -0.926. The molecule has 1 aliphatic rings. The Morgan fingerprint density at radius 3 is 2.32 bits per heavy atom. The Morgan fingerprint density at radius 2 is 1.73 bits per heavy atom. The average molecular weight is 576 g/mol. The predicted octanol–water partition coefficient (Wildman–Crippen LogP) is 1.80. The van der Waals surface area contributed by atoms with Gasteiger partial charge >= 0.3 is 5.97 Å². The van der Waals surface area contributed by atoms with Crippen LogP contribution in [0.2, 0.25) is 0 Å². The molecule has 1 aliphatic heterocycles. The summed E-state index contributed by atoms with van der Waals surface area (Å²) in [5, 5.41) is 16.1. The van der Waals surface area contributed by atoms with Crippen LogP contribution in [0.5, 0.6) is 0 Å². The van der Waals surface area contributed by atoms with Crippen LogP contribution < -0.4 is 16.4 Å². The van der Waals surface area contributed by atoms with Gasteiger partial charge in [0, 0.05) is 12.5 Å². The van der Waals surface area contributed by atoms with Crippen molar-refractivity contribution in [2.24, 2.45) is 17.8 Å². The van der Waals surface area contributed by atoms with Crippen LogP contribution in [0.4, 0.5) is 0 Å². The van der Waals surface area contributed by atoms with E-state index in [0.29, 0.717) is 25.8 Å². The zero-order valence-corrected chi connectivity index (χ0v) is 25.6. The number of likely N-dealkylation sites (tertiary alicyclic amines) is 1. The van der Waals surface area contributed by atoms with Gasteiger partial charge in [0.1, 0.15) is 36.9 Å². The van der Waals surface area contributed by atoms with Gasteiger partial charge in [-0.2, -0.15) is 0 Å². The Morgan fingerprint density at radius 1 is 1.07 bits per heavy atom. The van der Waals surface area contributed by atoms with Gasteiger partial charge in [-0.05, 0) is 43.1 Å². The van der Waals surface area contributed by atoms with Crippen LogP contribution in [0.15, 0.2) is 30.3 Å². The lowest BCUT2D eigenvalue weighted by molar-refractivity contribution is -0.449. The van der Waals surface area contributed by atoms with Crippen molar-refractivity contribution in [1.29, 1.82) is 0 Å². The highest BCUT2D eigenvalue weighted by atomic mass is 16.5. The number of rotatable bonds is 15. The van der Waals surface area contributed by atoms with Gasteiger partial charge < -0.3 is 31.1 Å². The molecule has 230 valence electrons. The van der Waals surface area contributed by atoms with E-state index in [2.05, 4.69) is 16.4 Å². The van der Waals surface area contributed by atoms with Gasteiger partial charge in [0.2, 0.25) is 17.7 Å². The number of esters is 1. The number of amides is 3. The number of benzene rings is 1. The van der Waals surface area contributed by atoms with Crippen LogP contribution in [-0.2, 0) is 30.5 Å². The van der Waals surface area contributed by atoms with E-state index >= 15 is 0 Å². The molecule has 0 bridgehead atoms. The van der Waals surface area contributed by atoms with Crippen molar-refractivity contribution < 1.29 is 34.8 Å². The Labute approximate surface area is 244 Å². The molecule has 0 unspecified atom stereocenters. The number of quaternary nitrogens is 1. The summed E-state index contributed by atoms with van der Waals surface area (Å²) in [4.78, 5) is 54.4. The lowest BCUT2D eigenvalue weighted by Crippen LogP contribution is -2.69. The maximum Gasteiger partial charge on any atom is 0.329 e. The number of carbonyl (C=O) groups excluding carboxylic acids is 4. The minimum Gasteiger partial charge on any atom is -0.459 e. The molecule has 0 aliphatic carbocycles. The van der Waals surface area contributed by atoms with Crippen molar-refractivity contribution in [2.45, 2.75) is 111 Å². The van der Waals surface area contributed by atoms with Crippen molar-refractivity contribution >= 4 is 23.7 Å². The van der Waals surface area contributed by atoms with Gasteiger partial charge in [0.05, 0.1) is 6.42 Å². The first-order valence-corrected chi connectivity index (χ1v) is 15.0. The molecule has 3 amide bonds. The minimum absolute atomic E-state index is 0.0899. The van der Waals surface area contributed by atoms with Crippen molar-refractivity contribution in [3.63, 3.8) is 0 Å². The smallest absolute Gasteiger partial charge is 0.329 e. The van der Waals surface area contributed by atoms with Crippen LogP contribution >= 0.6 is 0 Å². The molecule has 0 aromatic heterocycles. The lowest BCUT2D eigenvalue weighted by Gasteiger charge is -2.31. The summed E-state index contributed by atoms with van der Waals surface area (Å²) in [6.07, 6.45) is 1.28. The van der Waals surface area contributed by atoms with E-state index in [1.54, 1.807) is 0 Å². The molecule has 1 heterocycles. The number of nitrogens with one attached hydrogen (secondary N) is 2. The first-order valence-electron chi connectivity index (χ1n) is 15.0. The zero-order chi connectivity index (χ0) is 30.7. The largest absolute Gasteiger partial charge is 0.459 e. The van der Waals surface area contributed by atoms with E-state index in [1.165, 1.54) is 4.90 Å². The zero-order valence-electron chi connectivity index (χ0n) is 25.6. The average Bonchev–Trinajstić information content (AvgIpc) is 3.43. The highest BCUT2D eigenvalue weighted by Crippen LogP contribution is 2.22. The van der Waals surface area contributed by atoms with E-state index < -0.39 is 42.0 Å². The second kappa shape index (κ2) is 16.5. The number of aliphatic hydroxyl groups is 1. The van der Waals surface area contributed by atoms with Crippen molar-refractivity contribution in [1.82, 2.24) is 15.5 Å². The van der Waals surface area contributed by atoms with Gasteiger partial charge in [0.25, 0.3) is 0 Å². The van der Waals surface area contributed by atoms with E-state index in [0.717, 1.165) is 12.0 Å². The van der Waals surface area contributed by atoms with Crippen molar-refractivity contribution in [3.8, 4) is 0 Å². The number of aliphatic hydroxyl groups excluding tert-OH is 1. The van der Waals surface area contributed by atoms with Crippen molar-refractivity contribution in [3.05, 3.63) is 35.9 Å². The standard InChI is InChI=1S/C31H50N4O6/c1-7-21(6)27(32)25(36)17-26(37)34-28(20(4)5)29(38)33-23(16-19(2)3)30(39)35-15-11-14-24(35)31(40)41-18-22-12-9-8-10-13-22/h8-10,12-13,19-21,23-25,27-28,36H,7,11,14-18,32H2,1-6H3,(H,33,38)(H,34,37)/p+1/t21-,23-,24-,25-,27+,28-/m0/s1. The SMILES string of the molecule is CC[C@H](C)[C@@H]([NH3+])[C@@H](O)CC(=O)N[C@H](C(=O)N[C@@H](CC(C)C)C(=O)N1CCC[C@H]1C(=O)OCc1ccccc1)C(C)C. The second-order valence-corrected chi connectivity index (χ2v) is 12.1. The number of nitrogens with zero attached hydrogens (tertiary/aromatic N) is 1. The summed E-state index contributed by atoms with van der Waals surface area (Å²) in [5.74, 6) is -1.73. The third-order valence-corrected chi connectivity index (χ3v) is 7.88. The lowest BCUT2D eigenvalue weighted by atomic mass is 9.93. The summed E-state index contributed by atoms with van der Waals surface area (Å²) in [6.45, 7) is 12.0. The Bertz CT molecular complexity index is 1000. The molecule has 0 radical (unpaired) electrons.